The molecule has 0 bridgehead atoms. The van der Waals surface area contributed by atoms with Gasteiger partial charge in [-0.15, -0.1) is 0 Å². The molecule has 1 N–H and O–H groups in total. The minimum Gasteiger partial charge on any atom is -0.496 e. The first-order valence-corrected chi connectivity index (χ1v) is 13.1. The number of rotatable bonds is 7. The fourth-order valence-corrected chi connectivity index (χ4v) is 4.39. The Morgan fingerprint density at radius 1 is 1.03 bits per heavy atom. The van der Waals surface area contributed by atoms with Crippen LogP contribution >= 0.6 is 23.4 Å². The largest absolute Gasteiger partial charge is 0.496 e. The number of hydrogen-bond donors (Lipinski definition) is 1. The Morgan fingerprint density at radius 3 is 2.33 bits per heavy atom. The lowest BCUT2D eigenvalue weighted by Gasteiger charge is -2.19. The molecule has 0 aliphatic rings. The van der Waals surface area contributed by atoms with Crippen LogP contribution in [0.25, 0.3) is 0 Å². The number of thioether (sulfide) groups is 1. The highest BCUT2D eigenvalue weighted by molar-refractivity contribution is 8.13. The summed E-state index contributed by atoms with van der Waals surface area (Å²) in [6, 6.07) is 20.0. The Labute approximate surface area is 222 Å². The van der Waals surface area contributed by atoms with E-state index in [4.69, 9.17) is 16.3 Å². The second-order valence-electron chi connectivity index (χ2n) is 9.21. The molecule has 3 aromatic rings. The number of methoxy groups -OCH3 is 1. The average Bonchev–Trinajstić information content (AvgIpc) is 2.84. The first-order chi connectivity index (χ1) is 17.1. The number of Topliss-reactive ketones (excluding diaryl/α,β-unsaturated/α-hetero) is 1. The van der Waals surface area contributed by atoms with E-state index in [0.717, 1.165) is 16.9 Å². The number of ether oxygens (including phenoxy) is 1. The Balaban J connectivity index is 1.79. The van der Waals surface area contributed by atoms with Crippen LogP contribution in [-0.2, 0) is 11.8 Å². The number of halogens is 1. The van der Waals surface area contributed by atoms with Crippen LogP contribution in [0.3, 0.4) is 0 Å². The molecule has 188 valence electrons. The summed E-state index contributed by atoms with van der Waals surface area (Å²) in [4.78, 5) is 30.3. The number of aliphatic imine (C=N–C) groups is 1. The standard InChI is InChI=1S/C29H31ClN2O3S/c1-6-36-28(32-27(34)19-11-14-21(15-12-19)29(2,3)4)31-22-16-13-20(26(18-22)35-5)17-25(33)23-9-7-8-10-24(23)30/h7-16,18H,6,17H2,1-5H3,(H,31,32,34). The van der Waals surface area contributed by atoms with Crippen molar-refractivity contribution in [2.75, 3.05) is 12.9 Å². The molecule has 0 aromatic heterocycles. The number of ketones is 1. The minimum atomic E-state index is -0.218. The van der Waals surface area contributed by atoms with Gasteiger partial charge in [0, 0.05) is 29.2 Å². The highest BCUT2D eigenvalue weighted by Gasteiger charge is 2.16. The number of amides is 1. The van der Waals surface area contributed by atoms with Crippen molar-refractivity contribution in [1.82, 2.24) is 5.32 Å². The summed E-state index contributed by atoms with van der Waals surface area (Å²) in [7, 11) is 1.55. The second-order valence-corrected chi connectivity index (χ2v) is 10.9. The van der Waals surface area contributed by atoms with Crippen molar-refractivity contribution in [3.05, 3.63) is 94.0 Å². The van der Waals surface area contributed by atoms with Crippen molar-refractivity contribution in [1.29, 1.82) is 0 Å². The van der Waals surface area contributed by atoms with Gasteiger partial charge in [0.25, 0.3) is 5.91 Å². The van der Waals surface area contributed by atoms with Gasteiger partial charge in [-0.2, -0.15) is 0 Å². The molecule has 0 saturated carbocycles. The topological polar surface area (TPSA) is 67.8 Å². The van der Waals surface area contributed by atoms with Crippen LogP contribution in [0.15, 0.2) is 71.7 Å². The van der Waals surface area contributed by atoms with Crippen LogP contribution in [-0.4, -0.2) is 29.7 Å². The van der Waals surface area contributed by atoms with E-state index in [0.29, 0.717) is 32.8 Å². The van der Waals surface area contributed by atoms with E-state index in [1.165, 1.54) is 11.8 Å². The zero-order valence-electron chi connectivity index (χ0n) is 21.2. The normalized spacial score (nSPS) is 11.8. The van der Waals surface area contributed by atoms with Crippen LogP contribution in [0.1, 0.15) is 59.5 Å². The molecule has 3 aromatic carbocycles. The van der Waals surface area contributed by atoms with Gasteiger partial charge >= 0.3 is 0 Å². The van der Waals surface area contributed by atoms with Crippen LogP contribution in [0.2, 0.25) is 5.02 Å². The summed E-state index contributed by atoms with van der Waals surface area (Å²) in [5.74, 6) is 0.969. The SMILES string of the molecule is CCSC(=Nc1ccc(CC(=O)c2ccccc2Cl)c(OC)c1)NC(=O)c1ccc(C(C)(C)C)cc1. The molecule has 0 spiro atoms. The molecule has 0 aliphatic heterocycles. The van der Waals surface area contributed by atoms with Gasteiger partial charge in [0.05, 0.1) is 17.8 Å². The van der Waals surface area contributed by atoms with E-state index >= 15 is 0 Å². The number of carbonyl (C=O) groups is 2. The smallest absolute Gasteiger partial charge is 0.257 e. The summed E-state index contributed by atoms with van der Waals surface area (Å²) in [5, 5.41) is 3.83. The monoisotopic (exact) mass is 522 g/mol. The number of nitrogens with one attached hydrogen (secondary N) is 1. The predicted molar refractivity (Wildman–Crippen MR) is 150 cm³/mol. The van der Waals surface area contributed by atoms with Crippen LogP contribution in [0, 0.1) is 0 Å². The molecule has 0 fully saturated rings. The molecule has 0 unspecified atom stereocenters. The highest BCUT2D eigenvalue weighted by atomic mass is 35.5. The number of benzene rings is 3. The lowest BCUT2D eigenvalue weighted by molar-refractivity contribution is 0.0974. The molecule has 7 heteroatoms. The van der Waals surface area contributed by atoms with Crippen molar-refractivity contribution in [2.45, 2.75) is 39.5 Å². The van der Waals surface area contributed by atoms with Gasteiger partial charge in [-0.05, 0) is 47.1 Å². The Morgan fingerprint density at radius 2 is 1.72 bits per heavy atom. The van der Waals surface area contributed by atoms with Crippen molar-refractivity contribution in [3.63, 3.8) is 0 Å². The third-order valence-electron chi connectivity index (χ3n) is 5.54. The average molecular weight is 523 g/mol. The van der Waals surface area contributed by atoms with Crippen LogP contribution in [0.4, 0.5) is 5.69 Å². The van der Waals surface area contributed by atoms with E-state index in [-0.39, 0.29) is 23.5 Å². The summed E-state index contributed by atoms with van der Waals surface area (Å²) in [6.45, 7) is 8.40. The number of carbonyl (C=O) groups excluding carboxylic acids is 2. The third-order valence-corrected chi connectivity index (χ3v) is 6.63. The second kappa shape index (κ2) is 12.2. The lowest BCUT2D eigenvalue weighted by atomic mass is 9.87. The number of amidine groups is 1. The Hall–Kier alpha value is -3.09. The maximum atomic E-state index is 12.9. The fraction of sp³-hybridized carbons (Fsp3) is 0.276. The van der Waals surface area contributed by atoms with Gasteiger partial charge in [0.2, 0.25) is 0 Å². The molecule has 0 atom stereocenters. The van der Waals surface area contributed by atoms with E-state index in [9.17, 15) is 9.59 Å². The van der Waals surface area contributed by atoms with Crippen molar-refractivity contribution in [3.8, 4) is 5.75 Å². The van der Waals surface area contributed by atoms with Crippen LogP contribution < -0.4 is 10.1 Å². The van der Waals surface area contributed by atoms with E-state index in [1.807, 2.05) is 37.3 Å². The zero-order valence-corrected chi connectivity index (χ0v) is 22.8. The van der Waals surface area contributed by atoms with E-state index in [1.54, 1.807) is 43.5 Å². The molecule has 3 rings (SSSR count). The summed E-state index contributed by atoms with van der Waals surface area (Å²) >= 11 is 7.62. The maximum absolute atomic E-state index is 12.9. The molecule has 5 nitrogen and oxygen atoms in total. The van der Waals surface area contributed by atoms with Gasteiger partial charge in [0.1, 0.15) is 5.75 Å². The van der Waals surface area contributed by atoms with Gasteiger partial charge in [-0.25, -0.2) is 4.99 Å². The first-order valence-electron chi connectivity index (χ1n) is 11.7. The Bertz CT molecular complexity index is 1260. The van der Waals surface area contributed by atoms with E-state index < -0.39 is 0 Å². The predicted octanol–water partition coefficient (Wildman–Crippen LogP) is 7.24. The molecule has 0 heterocycles. The Kier molecular flexibility index (Phi) is 9.35. The molecule has 0 radical (unpaired) electrons. The molecular weight excluding hydrogens is 492 g/mol. The summed E-state index contributed by atoms with van der Waals surface area (Å²) in [6.07, 6.45) is 0.148. The minimum absolute atomic E-state index is 0.0167. The van der Waals surface area contributed by atoms with Gasteiger partial charge in [-0.1, -0.05) is 81.4 Å². The van der Waals surface area contributed by atoms with Crippen molar-refractivity contribution < 1.29 is 14.3 Å². The lowest BCUT2D eigenvalue weighted by Crippen LogP contribution is -2.28. The van der Waals surface area contributed by atoms with Gasteiger partial charge < -0.3 is 10.1 Å². The van der Waals surface area contributed by atoms with Gasteiger partial charge in [0.15, 0.2) is 11.0 Å². The molecule has 36 heavy (non-hydrogen) atoms. The quantitative estimate of drug-likeness (QED) is 0.202. The van der Waals surface area contributed by atoms with E-state index in [2.05, 4.69) is 31.1 Å². The highest BCUT2D eigenvalue weighted by Crippen LogP contribution is 2.28. The van der Waals surface area contributed by atoms with Crippen LogP contribution in [0.5, 0.6) is 5.75 Å². The number of nitrogens with zero attached hydrogens (tertiary/aromatic N) is 1. The molecule has 0 aliphatic carbocycles. The molecular formula is C29H31ClN2O3S. The molecule has 1 amide bonds. The number of hydrogen-bond acceptors (Lipinski definition) is 5. The summed E-state index contributed by atoms with van der Waals surface area (Å²) in [5.41, 5.74) is 3.56. The zero-order chi connectivity index (χ0) is 26.3. The van der Waals surface area contributed by atoms with Crippen molar-refractivity contribution >= 4 is 45.9 Å². The summed E-state index contributed by atoms with van der Waals surface area (Å²) < 4.78 is 5.53. The van der Waals surface area contributed by atoms with Gasteiger partial charge in [-0.3, -0.25) is 9.59 Å². The molecule has 0 saturated heterocycles. The maximum Gasteiger partial charge on any atom is 0.257 e. The first kappa shape index (κ1) is 27.5. The fourth-order valence-electron chi connectivity index (χ4n) is 3.55. The van der Waals surface area contributed by atoms with Crippen molar-refractivity contribution in [2.24, 2.45) is 4.99 Å². The third kappa shape index (κ3) is 7.21.